The third-order valence-corrected chi connectivity index (χ3v) is 5.55. The van der Waals surface area contributed by atoms with Gasteiger partial charge in [-0.1, -0.05) is 0 Å². The van der Waals surface area contributed by atoms with E-state index >= 15 is 0 Å². The first-order chi connectivity index (χ1) is 15.3. The Labute approximate surface area is 192 Å². The summed E-state index contributed by atoms with van der Waals surface area (Å²) in [6.45, 7) is 4.52. The van der Waals surface area contributed by atoms with Crippen molar-refractivity contribution in [1.82, 2.24) is 15.1 Å². The average Bonchev–Trinajstić information content (AvgIpc) is 3.38. The van der Waals surface area contributed by atoms with E-state index in [1.165, 1.54) is 23.6 Å². The lowest BCUT2D eigenvalue weighted by Gasteiger charge is -2.33. The number of primary amides is 1. The molecule has 0 saturated carbocycles. The number of likely N-dealkylation sites (tertiary alicyclic amines) is 2. The molecule has 4 unspecified atom stereocenters. The fourth-order valence-electron chi connectivity index (χ4n) is 3.86. The van der Waals surface area contributed by atoms with E-state index < -0.39 is 60.1 Å². The molecule has 0 aromatic carbocycles. The second-order valence-corrected chi connectivity index (χ2v) is 8.29. The van der Waals surface area contributed by atoms with Gasteiger partial charge >= 0.3 is 0 Å². The largest absolute Gasteiger partial charge is 0.481 e. The molecule has 2 rings (SSSR count). The number of aliphatic hydroxyl groups is 2. The number of carboxylic acid groups (broad SMARTS) is 1. The smallest absolute Gasteiger partial charge is 0.300 e. The molecule has 2 saturated heterocycles. The lowest BCUT2D eigenvalue weighted by molar-refractivity contribution is -0.148. The van der Waals surface area contributed by atoms with Crippen molar-refractivity contribution in [2.45, 2.75) is 82.8 Å². The first-order valence-electron chi connectivity index (χ1n) is 10.8. The quantitative estimate of drug-likeness (QED) is 0.223. The molecule has 13 heteroatoms. The third kappa shape index (κ3) is 7.65. The first kappa shape index (κ1) is 28.3. The summed E-state index contributed by atoms with van der Waals surface area (Å²) in [7, 11) is 0. The Morgan fingerprint density at radius 3 is 1.88 bits per heavy atom. The van der Waals surface area contributed by atoms with Gasteiger partial charge < -0.3 is 41.9 Å². The molecule has 0 aromatic rings. The SMILES string of the molecule is CC(=O)O.CC(O)C(NC(=O)[C@@H]1CCCN1C(=O)C1CCCN1C(=O)[C@@H](N)C(C)O)C(N)=O. The number of aliphatic hydroxyl groups excluding tert-OH is 2. The van der Waals surface area contributed by atoms with Gasteiger partial charge in [0.1, 0.15) is 24.2 Å². The van der Waals surface area contributed by atoms with Crippen molar-refractivity contribution < 1.29 is 39.3 Å². The maximum absolute atomic E-state index is 13.1. The zero-order valence-corrected chi connectivity index (χ0v) is 19.1. The second kappa shape index (κ2) is 12.5. The third-order valence-electron chi connectivity index (χ3n) is 5.55. The molecule has 4 amide bonds. The lowest BCUT2D eigenvalue weighted by Crippen LogP contribution is -2.58. The van der Waals surface area contributed by atoms with Crippen molar-refractivity contribution >= 4 is 29.6 Å². The fourth-order valence-corrected chi connectivity index (χ4v) is 3.86. The van der Waals surface area contributed by atoms with E-state index in [2.05, 4.69) is 5.32 Å². The van der Waals surface area contributed by atoms with Crippen LogP contribution in [0, 0.1) is 0 Å². The number of nitrogens with one attached hydrogen (secondary N) is 1. The van der Waals surface area contributed by atoms with Crippen LogP contribution in [0.5, 0.6) is 0 Å². The zero-order chi connectivity index (χ0) is 25.5. The number of rotatable bonds is 7. The number of nitrogens with two attached hydrogens (primary N) is 2. The number of hydrogen-bond donors (Lipinski definition) is 6. The number of carbonyl (C=O) groups excluding carboxylic acids is 4. The number of carboxylic acids is 1. The van der Waals surface area contributed by atoms with E-state index in [1.807, 2.05) is 0 Å². The Morgan fingerprint density at radius 1 is 0.939 bits per heavy atom. The minimum atomic E-state index is -1.26. The van der Waals surface area contributed by atoms with Crippen molar-refractivity contribution in [3.63, 3.8) is 0 Å². The fraction of sp³-hybridized carbons (Fsp3) is 0.750. The monoisotopic (exact) mass is 473 g/mol. The molecule has 2 heterocycles. The first-order valence-corrected chi connectivity index (χ1v) is 10.8. The average molecular weight is 474 g/mol. The molecule has 0 spiro atoms. The molecule has 13 nitrogen and oxygen atoms in total. The van der Waals surface area contributed by atoms with Crippen molar-refractivity contribution in [2.75, 3.05) is 13.1 Å². The predicted molar refractivity (Wildman–Crippen MR) is 115 cm³/mol. The van der Waals surface area contributed by atoms with Gasteiger partial charge in [0.15, 0.2) is 0 Å². The van der Waals surface area contributed by atoms with Crippen LogP contribution >= 0.6 is 0 Å². The summed E-state index contributed by atoms with van der Waals surface area (Å²) in [5, 5.41) is 29.1. The summed E-state index contributed by atoms with van der Waals surface area (Å²) in [6.07, 6.45) is -0.170. The molecule has 0 aromatic heterocycles. The number of aliphatic carboxylic acids is 1. The van der Waals surface area contributed by atoms with Crippen LogP contribution in [0.4, 0.5) is 0 Å². The summed E-state index contributed by atoms with van der Waals surface area (Å²) in [6, 6.07) is -3.94. The van der Waals surface area contributed by atoms with E-state index in [4.69, 9.17) is 21.4 Å². The van der Waals surface area contributed by atoms with E-state index in [1.54, 1.807) is 0 Å². The van der Waals surface area contributed by atoms with Crippen LogP contribution in [0.1, 0.15) is 46.5 Å². The Bertz CT molecular complexity index is 740. The van der Waals surface area contributed by atoms with Gasteiger partial charge in [-0.05, 0) is 39.5 Å². The Morgan fingerprint density at radius 2 is 1.42 bits per heavy atom. The summed E-state index contributed by atoms with van der Waals surface area (Å²) in [5.74, 6) is -3.14. The van der Waals surface area contributed by atoms with Crippen LogP contribution < -0.4 is 16.8 Å². The van der Waals surface area contributed by atoms with Gasteiger partial charge in [-0.15, -0.1) is 0 Å². The number of carbonyl (C=O) groups is 5. The van der Waals surface area contributed by atoms with Gasteiger partial charge in [-0.25, -0.2) is 0 Å². The van der Waals surface area contributed by atoms with Gasteiger partial charge in [-0.3, -0.25) is 24.0 Å². The van der Waals surface area contributed by atoms with Crippen LogP contribution in [-0.4, -0.2) is 104 Å². The molecule has 8 N–H and O–H groups in total. The predicted octanol–water partition coefficient (Wildman–Crippen LogP) is -2.88. The lowest BCUT2D eigenvalue weighted by atomic mass is 10.1. The minimum Gasteiger partial charge on any atom is -0.481 e. The highest BCUT2D eigenvalue weighted by atomic mass is 16.4. The normalized spacial score (nSPS) is 23.6. The summed E-state index contributed by atoms with van der Waals surface area (Å²) < 4.78 is 0. The molecule has 188 valence electrons. The molecule has 6 atom stereocenters. The molecule has 2 aliphatic rings. The molecule has 0 radical (unpaired) electrons. The number of amides is 4. The molecule has 0 aliphatic carbocycles. The van der Waals surface area contributed by atoms with Crippen molar-refractivity contribution in [3.05, 3.63) is 0 Å². The van der Waals surface area contributed by atoms with Crippen LogP contribution in [-0.2, 0) is 24.0 Å². The summed E-state index contributed by atoms with van der Waals surface area (Å²) in [4.78, 5) is 61.5. The standard InChI is InChI=1S/C18H31N5O6.C2H4O2/c1-9(24)13(19)18(29)23-8-4-6-12(23)17(28)22-7-3-5-11(22)16(27)21-14(10(2)25)15(20)26;1-2(3)4/h9-14,24-25H,3-8,19H2,1-2H3,(H2,20,26)(H,21,27);1H3,(H,3,4)/t9?,10?,11-,12?,13-,14?;/m0./s1. The van der Waals surface area contributed by atoms with Crippen LogP contribution in [0.15, 0.2) is 0 Å². The van der Waals surface area contributed by atoms with Gasteiger partial charge in [-0.2, -0.15) is 0 Å². The van der Waals surface area contributed by atoms with E-state index in [9.17, 15) is 29.4 Å². The topological polar surface area (TPSA) is 217 Å². The second-order valence-electron chi connectivity index (χ2n) is 8.29. The maximum atomic E-state index is 13.1. The van der Waals surface area contributed by atoms with Crippen LogP contribution in [0.25, 0.3) is 0 Å². The Balaban J connectivity index is 0.00000125. The van der Waals surface area contributed by atoms with E-state index in [0.717, 1.165) is 6.92 Å². The van der Waals surface area contributed by atoms with Gasteiger partial charge in [0.2, 0.25) is 23.6 Å². The zero-order valence-electron chi connectivity index (χ0n) is 19.1. The van der Waals surface area contributed by atoms with E-state index in [-0.39, 0.29) is 5.91 Å². The van der Waals surface area contributed by atoms with Gasteiger partial charge in [0.25, 0.3) is 5.97 Å². The van der Waals surface area contributed by atoms with Gasteiger partial charge in [0, 0.05) is 20.0 Å². The highest BCUT2D eigenvalue weighted by molar-refractivity contribution is 5.95. The minimum absolute atomic E-state index is 0.341. The Kier molecular flexibility index (Phi) is 10.7. The molecule has 33 heavy (non-hydrogen) atoms. The van der Waals surface area contributed by atoms with Crippen LogP contribution in [0.3, 0.4) is 0 Å². The van der Waals surface area contributed by atoms with Crippen molar-refractivity contribution in [1.29, 1.82) is 0 Å². The van der Waals surface area contributed by atoms with Crippen molar-refractivity contribution in [2.24, 2.45) is 11.5 Å². The number of hydrogen-bond acceptors (Lipinski definition) is 8. The maximum Gasteiger partial charge on any atom is 0.300 e. The van der Waals surface area contributed by atoms with Crippen LogP contribution in [0.2, 0.25) is 0 Å². The molecule has 2 fully saturated rings. The van der Waals surface area contributed by atoms with E-state index in [0.29, 0.717) is 38.8 Å². The summed E-state index contributed by atoms with van der Waals surface area (Å²) >= 11 is 0. The number of nitrogens with zero attached hydrogens (tertiary/aromatic N) is 2. The molecule has 0 bridgehead atoms. The van der Waals surface area contributed by atoms with Gasteiger partial charge in [0.05, 0.1) is 12.2 Å². The molecular formula is C20H35N5O8. The molecular weight excluding hydrogens is 438 g/mol. The molecule has 2 aliphatic heterocycles. The van der Waals surface area contributed by atoms with Crippen molar-refractivity contribution in [3.8, 4) is 0 Å². The summed E-state index contributed by atoms with van der Waals surface area (Å²) in [5.41, 5.74) is 11.0. The highest BCUT2D eigenvalue weighted by Gasteiger charge is 2.43. The Hall–Kier alpha value is -2.77. The highest BCUT2D eigenvalue weighted by Crippen LogP contribution is 2.25.